The Bertz CT molecular complexity index is 537. The molecule has 1 saturated carbocycles. The summed E-state index contributed by atoms with van der Waals surface area (Å²) in [6.07, 6.45) is 2.56. The van der Waals surface area contributed by atoms with Gasteiger partial charge in [0.2, 0.25) is 0 Å². The lowest BCUT2D eigenvalue weighted by atomic mass is 9.92. The first-order chi connectivity index (χ1) is 10.5. The van der Waals surface area contributed by atoms with Gasteiger partial charge in [-0.15, -0.1) is 0 Å². The first kappa shape index (κ1) is 16.5. The quantitative estimate of drug-likeness (QED) is 0.600. The third-order valence-corrected chi connectivity index (χ3v) is 4.62. The zero-order chi connectivity index (χ0) is 16.2. The Hall–Kier alpha value is -1.91. The van der Waals surface area contributed by atoms with E-state index in [1.54, 1.807) is 14.2 Å². The van der Waals surface area contributed by atoms with E-state index in [4.69, 9.17) is 15.2 Å². The summed E-state index contributed by atoms with van der Waals surface area (Å²) >= 11 is 0. The minimum absolute atomic E-state index is 0.420. The van der Waals surface area contributed by atoms with Crippen LogP contribution in [0.1, 0.15) is 32.3 Å². The summed E-state index contributed by atoms with van der Waals surface area (Å²) in [7, 11) is 3.25. The van der Waals surface area contributed by atoms with Gasteiger partial charge < -0.3 is 20.5 Å². The monoisotopic (exact) mass is 305 g/mol. The number of methoxy groups -OCH3 is 2. The maximum Gasteiger partial charge on any atom is 0.188 e. The van der Waals surface area contributed by atoms with E-state index in [0.29, 0.717) is 35.3 Å². The van der Waals surface area contributed by atoms with Crippen molar-refractivity contribution in [3.8, 4) is 11.5 Å². The van der Waals surface area contributed by atoms with Crippen LogP contribution in [0, 0.1) is 11.3 Å². The van der Waals surface area contributed by atoms with Crippen LogP contribution in [0.5, 0.6) is 11.5 Å². The van der Waals surface area contributed by atoms with Gasteiger partial charge in [-0.05, 0) is 41.9 Å². The molecule has 0 atom stereocenters. The van der Waals surface area contributed by atoms with Crippen LogP contribution in [0.3, 0.4) is 0 Å². The van der Waals surface area contributed by atoms with Gasteiger partial charge in [-0.1, -0.05) is 19.9 Å². The number of nitrogens with two attached hydrogens (primary N) is 1. The van der Waals surface area contributed by atoms with Crippen LogP contribution in [0.4, 0.5) is 0 Å². The first-order valence-corrected chi connectivity index (χ1v) is 7.75. The molecule has 1 aromatic carbocycles. The molecule has 0 radical (unpaired) electrons. The molecule has 0 spiro atoms. The maximum absolute atomic E-state index is 5.97. The van der Waals surface area contributed by atoms with E-state index in [1.807, 2.05) is 18.2 Å². The number of nitrogens with zero attached hydrogens (tertiary/aromatic N) is 1. The molecule has 0 amide bonds. The molecule has 0 aliphatic heterocycles. The van der Waals surface area contributed by atoms with E-state index in [9.17, 15) is 0 Å². The van der Waals surface area contributed by atoms with Gasteiger partial charge in [-0.2, -0.15) is 0 Å². The van der Waals surface area contributed by atoms with Crippen molar-refractivity contribution in [1.82, 2.24) is 5.32 Å². The first-order valence-electron chi connectivity index (χ1n) is 7.75. The van der Waals surface area contributed by atoms with Crippen LogP contribution in [0.2, 0.25) is 0 Å². The van der Waals surface area contributed by atoms with E-state index in [-0.39, 0.29) is 0 Å². The maximum atomic E-state index is 5.97. The standard InChI is InChI=1S/C17H27N3O2/c1-12(2)17(7-8-17)11-20-16(18)19-10-13-5-6-14(21-3)15(9-13)22-4/h5-6,9,12H,7-8,10-11H2,1-4H3,(H3,18,19,20). The predicted octanol–water partition coefficient (Wildman–Crippen LogP) is 2.54. The highest BCUT2D eigenvalue weighted by Crippen LogP contribution is 2.51. The van der Waals surface area contributed by atoms with Crippen molar-refractivity contribution in [2.75, 3.05) is 20.8 Å². The molecule has 3 N–H and O–H groups in total. The van der Waals surface area contributed by atoms with Gasteiger partial charge in [0.25, 0.3) is 0 Å². The molecule has 22 heavy (non-hydrogen) atoms. The number of benzene rings is 1. The van der Waals surface area contributed by atoms with Crippen LogP contribution in [-0.4, -0.2) is 26.7 Å². The highest BCUT2D eigenvalue weighted by molar-refractivity contribution is 5.77. The Labute approximate surface area is 132 Å². The average molecular weight is 305 g/mol. The zero-order valence-electron chi connectivity index (χ0n) is 14.0. The van der Waals surface area contributed by atoms with E-state index in [2.05, 4.69) is 24.2 Å². The summed E-state index contributed by atoms with van der Waals surface area (Å²) in [5, 5.41) is 3.26. The molecule has 0 heterocycles. The molecule has 1 aliphatic carbocycles. The van der Waals surface area contributed by atoms with Crippen molar-refractivity contribution in [1.29, 1.82) is 0 Å². The highest BCUT2D eigenvalue weighted by atomic mass is 16.5. The largest absolute Gasteiger partial charge is 0.493 e. The summed E-state index contributed by atoms with van der Waals surface area (Å²) in [5.74, 6) is 2.60. The van der Waals surface area contributed by atoms with Crippen LogP contribution in [0.25, 0.3) is 0 Å². The van der Waals surface area contributed by atoms with E-state index in [0.717, 1.165) is 12.1 Å². The third-order valence-electron chi connectivity index (χ3n) is 4.62. The van der Waals surface area contributed by atoms with Crippen LogP contribution in [-0.2, 0) is 6.54 Å². The molecule has 0 saturated heterocycles. The smallest absolute Gasteiger partial charge is 0.188 e. The third kappa shape index (κ3) is 3.84. The summed E-state index contributed by atoms with van der Waals surface area (Å²) < 4.78 is 10.5. The Morgan fingerprint density at radius 3 is 2.50 bits per heavy atom. The van der Waals surface area contributed by atoms with Gasteiger partial charge in [0.1, 0.15) is 0 Å². The number of nitrogens with one attached hydrogen (secondary N) is 1. The molecule has 1 aliphatic rings. The number of ether oxygens (including phenoxy) is 2. The number of guanidine groups is 1. The fourth-order valence-electron chi connectivity index (χ4n) is 2.60. The topological polar surface area (TPSA) is 68.9 Å². The SMILES string of the molecule is COc1ccc(CN=C(N)NCC2(C(C)C)CC2)cc1OC. The fraction of sp³-hybridized carbons (Fsp3) is 0.588. The molecular formula is C17H27N3O2. The minimum Gasteiger partial charge on any atom is -0.493 e. The van der Waals surface area contributed by atoms with Gasteiger partial charge in [-0.25, -0.2) is 4.99 Å². The van der Waals surface area contributed by atoms with Crippen LogP contribution >= 0.6 is 0 Å². The summed E-state index contributed by atoms with van der Waals surface area (Å²) in [6, 6.07) is 5.77. The lowest BCUT2D eigenvalue weighted by Gasteiger charge is -2.20. The second-order valence-electron chi connectivity index (χ2n) is 6.26. The summed E-state index contributed by atoms with van der Waals surface area (Å²) in [5.41, 5.74) is 7.42. The Kier molecular flexibility index (Phi) is 5.16. The number of hydrogen-bond acceptors (Lipinski definition) is 3. The van der Waals surface area contributed by atoms with E-state index >= 15 is 0 Å². The second kappa shape index (κ2) is 6.90. The van der Waals surface area contributed by atoms with Crippen molar-refractivity contribution in [2.24, 2.45) is 22.1 Å². The lowest BCUT2D eigenvalue weighted by molar-refractivity contribution is 0.354. The average Bonchev–Trinajstić information content (AvgIpc) is 3.32. The predicted molar refractivity (Wildman–Crippen MR) is 89.4 cm³/mol. The number of aliphatic imine (C=N–C) groups is 1. The van der Waals surface area contributed by atoms with Crippen molar-refractivity contribution < 1.29 is 9.47 Å². The molecule has 1 aromatic rings. The molecule has 0 aromatic heterocycles. The Balaban J connectivity index is 1.90. The molecule has 0 bridgehead atoms. The van der Waals surface area contributed by atoms with E-state index < -0.39 is 0 Å². The highest BCUT2D eigenvalue weighted by Gasteiger charge is 2.44. The van der Waals surface area contributed by atoms with Crippen LogP contribution in [0.15, 0.2) is 23.2 Å². The van der Waals surface area contributed by atoms with Gasteiger partial charge >= 0.3 is 0 Å². The normalized spacial score (nSPS) is 16.5. The Morgan fingerprint density at radius 2 is 1.95 bits per heavy atom. The minimum atomic E-state index is 0.420. The summed E-state index contributed by atoms with van der Waals surface area (Å²) in [4.78, 5) is 4.40. The molecule has 5 heteroatoms. The Morgan fingerprint density at radius 1 is 1.27 bits per heavy atom. The van der Waals surface area contributed by atoms with Gasteiger partial charge in [-0.3, -0.25) is 0 Å². The molecule has 1 fully saturated rings. The summed E-state index contributed by atoms with van der Waals surface area (Å²) in [6.45, 7) is 5.97. The molecule has 122 valence electrons. The number of hydrogen-bond donors (Lipinski definition) is 2. The van der Waals surface area contributed by atoms with E-state index in [1.165, 1.54) is 12.8 Å². The van der Waals surface area contributed by atoms with Gasteiger partial charge in [0, 0.05) is 6.54 Å². The fourth-order valence-corrected chi connectivity index (χ4v) is 2.60. The molecular weight excluding hydrogens is 278 g/mol. The van der Waals surface area contributed by atoms with Crippen molar-refractivity contribution in [2.45, 2.75) is 33.2 Å². The molecule has 2 rings (SSSR count). The molecule has 5 nitrogen and oxygen atoms in total. The van der Waals surface area contributed by atoms with Gasteiger partial charge in [0.05, 0.1) is 20.8 Å². The second-order valence-corrected chi connectivity index (χ2v) is 6.26. The zero-order valence-corrected chi connectivity index (χ0v) is 14.0. The van der Waals surface area contributed by atoms with Crippen molar-refractivity contribution in [3.05, 3.63) is 23.8 Å². The van der Waals surface area contributed by atoms with Gasteiger partial charge in [0.15, 0.2) is 17.5 Å². The van der Waals surface area contributed by atoms with Crippen molar-refractivity contribution >= 4 is 5.96 Å². The van der Waals surface area contributed by atoms with Crippen molar-refractivity contribution in [3.63, 3.8) is 0 Å². The number of rotatable bonds is 7. The lowest BCUT2D eigenvalue weighted by Crippen LogP contribution is -2.37. The molecule has 0 unspecified atom stereocenters. The van der Waals surface area contributed by atoms with Crippen LogP contribution < -0.4 is 20.5 Å².